The van der Waals surface area contributed by atoms with Gasteiger partial charge in [0.1, 0.15) is 0 Å². The second kappa shape index (κ2) is 10.8. The van der Waals surface area contributed by atoms with Crippen molar-refractivity contribution in [1.82, 2.24) is 0 Å². The van der Waals surface area contributed by atoms with E-state index in [1.165, 1.54) is 6.42 Å². The van der Waals surface area contributed by atoms with E-state index in [4.69, 9.17) is 4.74 Å². The van der Waals surface area contributed by atoms with Gasteiger partial charge >= 0.3 is 6.09 Å². The number of amides is 2. The van der Waals surface area contributed by atoms with Crippen LogP contribution in [0.2, 0.25) is 0 Å². The molecular weight excluding hydrogens is 328 g/mol. The van der Waals surface area contributed by atoms with Crippen molar-refractivity contribution in [1.29, 1.82) is 0 Å². The summed E-state index contributed by atoms with van der Waals surface area (Å²) in [5, 5.41) is 3.03. The highest BCUT2D eigenvalue weighted by Crippen LogP contribution is 2.26. The number of carbonyl (C=O) groups excluding carboxylic acids is 2. The average Bonchev–Trinajstić information content (AvgIpc) is 2.67. The van der Waals surface area contributed by atoms with Gasteiger partial charge in [0, 0.05) is 23.8 Å². The van der Waals surface area contributed by atoms with Gasteiger partial charge in [-0.1, -0.05) is 45.6 Å². The van der Waals surface area contributed by atoms with Crippen LogP contribution in [0.25, 0.3) is 0 Å². The van der Waals surface area contributed by atoms with Crippen molar-refractivity contribution in [3.63, 3.8) is 0 Å². The molecule has 1 saturated carbocycles. The van der Waals surface area contributed by atoms with Crippen LogP contribution in [0.5, 0.6) is 0 Å². The molecule has 0 aliphatic heterocycles. The summed E-state index contributed by atoms with van der Waals surface area (Å²) in [5.41, 5.74) is 1.50. The Kier molecular flexibility index (Phi) is 8.45. The molecule has 0 radical (unpaired) electrons. The molecule has 0 heterocycles. The van der Waals surface area contributed by atoms with Crippen LogP contribution in [-0.2, 0) is 9.53 Å². The first-order valence-electron chi connectivity index (χ1n) is 10.0. The monoisotopic (exact) mass is 360 g/mol. The highest BCUT2D eigenvalue weighted by Gasteiger charge is 2.22. The van der Waals surface area contributed by atoms with Crippen molar-refractivity contribution < 1.29 is 14.3 Å². The van der Waals surface area contributed by atoms with Crippen molar-refractivity contribution in [2.45, 2.75) is 65.2 Å². The lowest BCUT2D eigenvalue weighted by Gasteiger charge is -2.23. The van der Waals surface area contributed by atoms with Gasteiger partial charge in [-0.25, -0.2) is 4.79 Å². The fraction of sp³-hybridized carbons (Fsp3) is 0.619. The number of anilines is 2. The van der Waals surface area contributed by atoms with Crippen LogP contribution in [-0.4, -0.2) is 25.2 Å². The lowest BCUT2D eigenvalue weighted by molar-refractivity contribution is -0.120. The lowest BCUT2D eigenvalue weighted by Crippen LogP contribution is -2.33. The summed E-state index contributed by atoms with van der Waals surface area (Å²) in [6, 6.07) is 7.50. The Morgan fingerprint density at radius 1 is 1.15 bits per heavy atom. The summed E-state index contributed by atoms with van der Waals surface area (Å²) in [7, 11) is 0. The van der Waals surface area contributed by atoms with Crippen LogP contribution in [0, 0.1) is 5.92 Å². The molecule has 2 amide bonds. The van der Waals surface area contributed by atoms with E-state index in [2.05, 4.69) is 12.2 Å². The molecule has 144 valence electrons. The molecule has 1 N–H and O–H groups in total. The minimum Gasteiger partial charge on any atom is -0.449 e. The SMILES string of the molecule is CCCCN(C(=O)OCCC)c1cccc(NC(=O)C2CCCCC2)c1. The van der Waals surface area contributed by atoms with Gasteiger partial charge in [0.25, 0.3) is 0 Å². The summed E-state index contributed by atoms with van der Waals surface area (Å²) >= 11 is 0. The molecule has 5 nitrogen and oxygen atoms in total. The number of unbranched alkanes of at least 4 members (excludes halogenated alkanes) is 1. The number of nitrogens with one attached hydrogen (secondary N) is 1. The second-order valence-electron chi connectivity index (χ2n) is 6.99. The van der Waals surface area contributed by atoms with E-state index in [0.29, 0.717) is 13.2 Å². The first-order chi connectivity index (χ1) is 12.7. The van der Waals surface area contributed by atoms with Crippen molar-refractivity contribution >= 4 is 23.4 Å². The predicted octanol–water partition coefficient (Wildman–Crippen LogP) is 5.36. The standard InChI is InChI=1S/C21H32N2O3/c1-3-5-14-23(21(25)26-15-4-2)19-13-9-12-18(16-19)22-20(24)17-10-7-6-8-11-17/h9,12-13,16-17H,3-8,10-11,14-15H2,1-2H3,(H,22,24). The molecule has 1 fully saturated rings. The maximum Gasteiger partial charge on any atom is 0.414 e. The molecule has 0 unspecified atom stereocenters. The zero-order chi connectivity index (χ0) is 18.8. The van der Waals surface area contributed by atoms with Crippen LogP contribution in [0.4, 0.5) is 16.2 Å². The number of carbonyl (C=O) groups is 2. The predicted molar refractivity (Wildman–Crippen MR) is 106 cm³/mol. The Balaban J connectivity index is 2.07. The minimum absolute atomic E-state index is 0.0931. The zero-order valence-corrected chi connectivity index (χ0v) is 16.1. The van der Waals surface area contributed by atoms with Gasteiger partial charge in [0.15, 0.2) is 0 Å². The molecule has 2 rings (SSSR count). The summed E-state index contributed by atoms with van der Waals surface area (Å²) in [6.45, 7) is 5.10. The van der Waals surface area contributed by atoms with Crippen LogP contribution >= 0.6 is 0 Å². The van der Waals surface area contributed by atoms with Gasteiger partial charge in [-0.05, 0) is 43.9 Å². The maximum absolute atomic E-state index is 12.5. The van der Waals surface area contributed by atoms with Crippen molar-refractivity contribution in [2.24, 2.45) is 5.92 Å². The van der Waals surface area contributed by atoms with E-state index < -0.39 is 0 Å². The van der Waals surface area contributed by atoms with Gasteiger partial charge in [0.05, 0.1) is 6.61 Å². The Bertz CT molecular complexity index is 582. The quantitative estimate of drug-likeness (QED) is 0.679. The highest BCUT2D eigenvalue weighted by molar-refractivity contribution is 5.94. The molecule has 0 spiro atoms. The van der Waals surface area contributed by atoms with Crippen LogP contribution in [0.3, 0.4) is 0 Å². The maximum atomic E-state index is 12.5. The number of nitrogens with zero attached hydrogens (tertiary/aromatic N) is 1. The molecule has 26 heavy (non-hydrogen) atoms. The molecule has 1 aliphatic carbocycles. The van der Waals surface area contributed by atoms with E-state index in [1.54, 1.807) is 4.90 Å². The van der Waals surface area contributed by atoms with Crippen LogP contribution < -0.4 is 10.2 Å². The van der Waals surface area contributed by atoms with Crippen molar-refractivity contribution in [3.05, 3.63) is 24.3 Å². The third-order valence-electron chi connectivity index (χ3n) is 4.79. The van der Waals surface area contributed by atoms with Gasteiger partial charge in [-0.3, -0.25) is 9.69 Å². The van der Waals surface area contributed by atoms with E-state index in [9.17, 15) is 9.59 Å². The van der Waals surface area contributed by atoms with E-state index in [-0.39, 0.29) is 17.9 Å². The Morgan fingerprint density at radius 3 is 2.62 bits per heavy atom. The first kappa shape index (κ1) is 20.3. The third-order valence-corrected chi connectivity index (χ3v) is 4.79. The largest absolute Gasteiger partial charge is 0.449 e. The molecule has 5 heteroatoms. The van der Waals surface area contributed by atoms with Gasteiger partial charge in [-0.15, -0.1) is 0 Å². The molecule has 0 atom stereocenters. The summed E-state index contributed by atoms with van der Waals surface area (Å²) in [5.74, 6) is 0.202. The second-order valence-corrected chi connectivity index (χ2v) is 6.99. The van der Waals surface area contributed by atoms with Crippen LogP contribution in [0.1, 0.15) is 65.2 Å². The number of benzene rings is 1. The fourth-order valence-corrected chi connectivity index (χ4v) is 3.27. The number of hydrogen-bond donors (Lipinski definition) is 1. The van der Waals surface area contributed by atoms with E-state index in [0.717, 1.165) is 56.3 Å². The van der Waals surface area contributed by atoms with E-state index >= 15 is 0 Å². The molecule has 0 aromatic heterocycles. The zero-order valence-electron chi connectivity index (χ0n) is 16.1. The Labute approximate surface area is 157 Å². The number of rotatable bonds is 8. The molecule has 1 aromatic carbocycles. The van der Waals surface area contributed by atoms with Crippen molar-refractivity contribution in [3.8, 4) is 0 Å². The normalized spacial score (nSPS) is 14.7. The molecule has 1 aliphatic rings. The summed E-state index contributed by atoms with van der Waals surface area (Å²) < 4.78 is 5.32. The van der Waals surface area contributed by atoms with Crippen LogP contribution in [0.15, 0.2) is 24.3 Å². The molecule has 0 saturated heterocycles. The molecule has 1 aromatic rings. The van der Waals surface area contributed by atoms with Crippen molar-refractivity contribution in [2.75, 3.05) is 23.4 Å². The van der Waals surface area contributed by atoms with Gasteiger partial charge < -0.3 is 10.1 Å². The third kappa shape index (κ3) is 6.04. The summed E-state index contributed by atoms with van der Waals surface area (Å²) in [6.07, 6.45) is 7.80. The first-order valence-corrected chi connectivity index (χ1v) is 10.0. The molecular formula is C21H32N2O3. The fourth-order valence-electron chi connectivity index (χ4n) is 3.27. The highest BCUT2D eigenvalue weighted by atomic mass is 16.6. The van der Waals surface area contributed by atoms with Gasteiger partial charge in [0.2, 0.25) is 5.91 Å². The van der Waals surface area contributed by atoms with Gasteiger partial charge in [-0.2, -0.15) is 0 Å². The lowest BCUT2D eigenvalue weighted by atomic mass is 9.88. The molecule has 0 bridgehead atoms. The average molecular weight is 360 g/mol. The van der Waals surface area contributed by atoms with E-state index in [1.807, 2.05) is 31.2 Å². The smallest absolute Gasteiger partial charge is 0.414 e. The minimum atomic E-state index is -0.323. The Morgan fingerprint density at radius 2 is 1.92 bits per heavy atom. The Hall–Kier alpha value is -2.04. The topological polar surface area (TPSA) is 58.6 Å². The number of ether oxygens (including phenoxy) is 1. The number of hydrogen-bond acceptors (Lipinski definition) is 3. The summed E-state index contributed by atoms with van der Waals surface area (Å²) in [4.78, 5) is 26.5.